The molecular weight excluding hydrogens is 449 g/mol. The smallest absolute Gasteiger partial charge is 0.144 e. The summed E-state index contributed by atoms with van der Waals surface area (Å²) in [5.41, 5.74) is 1.71. The molecule has 3 heterocycles. The zero-order valence-corrected chi connectivity index (χ0v) is 24.6. The third-order valence-corrected chi connectivity index (χ3v) is 4.66. The Morgan fingerprint density at radius 2 is 1.58 bits per heavy atom. The second-order valence-electron chi connectivity index (χ2n) is 9.28. The van der Waals surface area contributed by atoms with Gasteiger partial charge in [0, 0.05) is 36.4 Å². The van der Waals surface area contributed by atoms with E-state index in [1.807, 2.05) is 33.8 Å². The molecular formula is C30H52FN5. The minimum absolute atomic E-state index is 0.193. The Morgan fingerprint density at radius 3 is 2.03 bits per heavy atom. The highest BCUT2D eigenvalue weighted by Gasteiger charge is 2.09. The monoisotopic (exact) mass is 501 g/mol. The summed E-state index contributed by atoms with van der Waals surface area (Å²) in [6.07, 6.45) is 13.0. The van der Waals surface area contributed by atoms with Gasteiger partial charge in [-0.1, -0.05) is 75.7 Å². The van der Waals surface area contributed by atoms with Crippen LogP contribution < -0.4 is 0 Å². The summed E-state index contributed by atoms with van der Waals surface area (Å²) in [5, 5.41) is 0. The molecule has 6 heteroatoms. The van der Waals surface area contributed by atoms with Crippen LogP contribution in [0.2, 0.25) is 0 Å². The molecule has 0 bridgehead atoms. The number of nitrogens with zero attached hydrogens (tertiary/aromatic N) is 5. The molecule has 1 aliphatic heterocycles. The Balaban J connectivity index is 0. The van der Waals surface area contributed by atoms with Gasteiger partial charge in [-0.15, -0.1) is 0 Å². The van der Waals surface area contributed by atoms with Crippen molar-refractivity contribution in [2.24, 2.45) is 21.8 Å². The summed E-state index contributed by atoms with van der Waals surface area (Å²) in [6.45, 7) is 21.9. The van der Waals surface area contributed by atoms with E-state index < -0.39 is 0 Å². The van der Waals surface area contributed by atoms with Crippen LogP contribution in [0, 0.1) is 17.7 Å². The molecule has 1 aliphatic rings. The lowest BCUT2D eigenvalue weighted by molar-refractivity contribution is 0.503. The van der Waals surface area contributed by atoms with E-state index >= 15 is 0 Å². The van der Waals surface area contributed by atoms with Gasteiger partial charge in [-0.2, -0.15) is 0 Å². The quantitative estimate of drug-likeness (QED) is 0.399. The SMILES string of the molecule is CC.CC(C)CC1CN=CC=N1.CC(C)Cc1ccncn1.CCC.CCC(C)c1ncccc1F. The van der Waals surface area contributed by atoms with E-state index in [0.717, 1.165) is 37.4 Å². The van der Waals surface area contributed by atoms with Gasteiger partial charge >= 0.3 is 0 Å². The number of rotatable bonds is 6. The molecule has 0 amide bonds. The average Bonchev–Trinajstić information content (AvgIpc) is 2.87. The van der Waals surface area contributed by atoms with Crippen LogP contribution in [0.1, 0.15) is 106 Å². The third kappa shape index (κ3) is 19.8. The second-order valence-corrected chi connectivity index (χ2v) is 9.28. The van der Waals surface area contributed by atoms with E-state index in [-0.39, 0.29) is 11.7 Å². The zero-order chi connectivity index (χ0) is 27.8. The normalized spacial score (nSPS) is 14.2. The van der Waals surface area contributed by atoms with Gasteiger partial charge in [0.05, 0.1) is 18.3 Å². The summed E-state index contributed by atoms with van der Waals surface area (Å²) < 4.78 is 13.0. The fourth-order valence-corrected chi connectivity index (χ4v) is 2.93. The molecule has 5 nitrogen and oxygen atoms in total. The molecule has 2 atom stereocenters. The summed E-state index contributed by atoms with van der Waals surface area (Å²) in [5.74, 6) is 1.43. The number of aliphatic imine (C=N–C) groups is 2. The molecule has 2 aromatic rings. The maximum absolute atomic E-state index is 13.0. The molecule has 204 valence electrons. The highest BCUT2D eigenvalue weighted by atomic mass is 19.1. The molecule has 0 aromatic carbocycles. The average molecular weight is 502 g/mol. The summed E-state index contributed by atoms with van der Waals surface area (Å²) in [4.78, 5) is 20.4. The first-order valence-corrected chi connectivity index (χ1v) is 13.6. The minimum atomic E-state index is -0.193. The Kier molecular flexibility index (Phi) is 24.0. The second kappa shape index (κ2) is 24.2. The number of aromatic nitrogens is 3. The van der Waals surface area contributed by atoms with E-state index in [2.05, 4.69) is 66.5 Å². The van der Waals surface area contributed by atoms with Gasteiger partial charge in [-0.25, -0.2) is 14.4 Å². The Bertz CT molecular complexity index is 791. The van der Waals surface area contributed by atoms with Crippen LogP contribution in [-0.2, 0) is 6.42 Å². The summed E-state index contributed by atoms with van der Waals surface area (Å²) in [6, 6.07) is 5.47. The number of pyridine rings is 1. The van der Waals surface area contributed by atoms with Gasteiger partial charge in [-0.3, -0.25) is 15.0 Å². The molecule has 2 aromatic heterocycles. The zero-order valence-electron chi connectivity index (χ0n) is 24.6. The molecule has 36 heavy (non-hydrogen) atoms. The minimum Gasteiger partial charge on any atom is -0.289 e. The lowest BCUT2D eigenvalue weighted by atomic mass is 10.0. The molecule has 2 unspecified atom stereocenters. The van der Waals surface area contributed by atoms with E-state index in [1.165, 1.54) is 12.5 Å². The van der Waals surface area contributed by atoms with Crippen LogP contribution in [0.5, 0.6) is 0 Å². The lowest BCUT2D eigenvalue weighted by Gasteiger charge is -2.13. The Morgan fingerprint density at radius 1 is 0.917 bits per heavy atom. The van der Waals surface area contributed by atoms with Crippen LogP contribution in [0.3, 0.4) is 0 Å². The van der Waals surface area contributed by atoms with Gasteiger partial charge in [-0.05, 0) is 49.3 Å². The topological polar surface area (TPSA) is 63.4 Å². The summed E-state index contributed by atoms with van der Waals surface area (Å²) >= 11 is 0. The van der Waals surface area contributed by atoms with Gasteiger partial charge in [0.25, 0.3) is 0 Å². The van der Waals surface area contributed by atoms with E-state index in [9.17, 15) is 4.39 Å². The van der Waals surface area contributed by atoms with Crippen molar-refractivity contribution in [1.82, 2.24) is 15.0 Å². The van der Waals surface area contributed by atoms with Crippen molar-refractivity contribution in [1.29, 1.82) is 0 Å². The highest BCUT2D eigenvalue weighted by molar-refractivity contribution is 6.16. The number of halogens is 1. The van der Waals surface area contributed by atoms with Crippen molar-refractivity contribution in [2.45, 2.75) is 107 Å². The first-order valence-electron chi connectivity index (χ1n) is 13.6. The Labute approximate surface area is 221 Å². The van der Waals surface area contributed by atoms with E-state index in [0.29, 0.717) is 17.7 Å². The number of hydrogen-bond acceptors (Lipinski definition) is 5. The fraction of sp³-hybridized carbons (Fsp3) is 0.633. The van der Waals surface area contributed by atoms with Crippen LogP contribution >= 0.6 is 0 Å². The van der Waals surface area contributed by atoms with E-state index in [4.69, 9.17) is 0 Å². The molecule has 0 N–H and O–H groups in total. The molecule has 0 radical (unpaired) electrons. The molecule has 0 saturated carbocycles. The standard InChI is InChI=1S/C9H12FN.C8H14N2.C8H12N2.C3H8.C2H6/c1-3-7(2)9-8(10)5-4-6-11-9;1-7(2)5-8-6-9-3-4-10-8;1-7(2)5-8-3-4-9-6-10-8;1-3-2;1-2/h4-7H,3H2,1-2H3;3-4,7-8H,5-6H2,1-2H3;3-4,6-7H,5H2,1-2H3;3H2,1-2H3;1-2H3. The van der Waals surface area contributed by atoms with Gasteiger partial charge < -0.3 is 0 Å². The maximum Gasteiger partial charge on any atom is 0.144 e. The van der Waals surface area contributed by atoms with Crippen LogP contribution in [0.15, 0.2) is 46.9 Å². The predicted molar refractivity (Wildman–Crippen MR) is 156 cm³/mol. The molecule has 0 aliphatic carbocycles. The first-order chi connectivity index (χ1) is 17.2. The van der Waals surface area contributed by atoms with Gasteiger partial charge in [0.15, 0.2) is 0 Å². The maximum atomic E-state index is 13.0. The Hall–Kier alpha value is -2.50. The van der Waals surface area contributed by atoms with Crippen molar-refractivity contribution in [3.8, 4) is 0 Å². The molecule has 0 fully saturated rings. The third-order valence-electron chi connectivity index (χ3n) is 4.66. The van der Waals surface area contributed by atoms with Gasteiger partial charge in [0.2, 0.25) is 0 Å². The van der Waals surface area contributed by atoms with Crippen molar-refractivity contribution in [3.05, 3.63) is 54.1 Å². The largest absolute Gasteiger partial charge is 0.289 e. The highest BCUT2D eigenvalue weighted by Crippen LogP contribution is 2.18. The van der Waals surface area contributed by atoms with Gasteiger partial charge in [0.1, 0.15) is 12.1 Å². The fourth-order valence-electron chi connectivity index (χ4n) is 2.93. The summed E-state index contributed by atoms with van der Waals surface area (Å²) in [7, 11) is 0. The number of hydrogen-bond donors (Lipinski definition) is 0. The molecule has 3 rings (SSSR count). The lowest BCUT2D eigenvalue weighted by Crippen LogP contribution is -2.15. The predicted octanol–water partition coefficient (Wildman–Crippen LogP) is 8.41. The van der Waals surface area contributed by atoms with Crippen LogP contribution in [0.25, 0.3) is 0 Å². The van der Waals surface area contributed by atoms with E-state index in [1.54, 1.807) is 37.2 Å². The van der Waals surface area contributed by atoms with Crippen molar-refractivity contribution >= 4 is 12.4 Å². The molecule has 0 spiro atoms. The first kappa shape index (κ1) is 35.7. The van der Waals surface area contributed by atoms with Crippen molar-refractivity contribution in [2.75, 3.05) is 6.54 Å². The van der Waals surface area contributed by atoms with Crippen molar-refractivity contribution in [3.63, 3.8) is 0 Å². The van der Waals surface area contributed by atoms with Crippen LogP contribution in [0.4, 0.5) is 4.39 Å². The van der Waals surface area contributed by atoms with Crippen LogP contribution in [-0.4, -0.2) is 40.0 Å². The molecule has 0 saturated heterocycles. The van der Waals surface area contributed by atoms with Crippen molar-refractivity contribution < 1.29 is 4.39 Å².